The van der Waals surface area contributed by atoms with Gasteiger partial charge in [0.05, 0.1) is 0 Å². The first kappa shape index (κ1) is 10.6. The smallest absolute Gasteiger partial charge is 0.267 e. The van der Waals surface area contributed by atoms with E-state index >= 15 is 0 Å². The Bertz CT molecular complexity index is 813. The van der Waals surface area contributed by atoms with Crippen molar-refractivity contribution in [2.24, 2.45) is 0 Å². The van der Waals surface area contributed by atoms with Crippen LogP contribution >= 0.6 is 11.3 Å². The molecule has 0 spiro atoms. The summed E-state index contributed by atoms with van der Waals surface area (Å²) in [6.45, 7) is 0. The number of hydrogen-bond donors (Lipinski definition) is 0. The molecule has 6 heteroatoms. The Labute approximate surface area is 106 Å². The minimum Gasteiger partial charge on any atom is -0.267 e. The molecule has 18 heavy (non-hydrogen) atoms. The van der Waals surface area contributed by atoms with Crippen LogP contribution in [0.5, 0.6) is 0 Å². The number of fused-ring (bicyclic) bond motifs is 1. The summed E-state index contributed by atoms with van der Waals surface area (Å²) in [5, 5.41) is 14.0. The summed E-state index contributed by atoms with van der Waals surface area (Å²) in [6.07, 6.45) is 0. The Hall–Kier alpha value is -2.52. The molecule has 0 aliphatic carbocycles. The lowest BCUT2D eigenvalue weighted by molar-refractivity contribution is 0.916. The molecule has 0 bridgehead atoms. The lowest BCUT2D eigenvalue weighted by Gasteiger charge is -1.92. The topological polar surface area (TPSA) is 71.0 Å². The fourth-order valence-corrected chi connectivity index (χ4v) is 2.50. The predicted octanol–water partition coefficient (Wildman–Crippen LogP) is 1.69. The highest BCUT2D eigenvalue weighted by molar-refractivity contribution is 7.19. The number of benzene rings is 1. The third-order valence-corrected chi connectivity index (χ3v) is 3.35. The molecule has 2 heterocycles. The molecular weight excluding hydrogens is 248 g/mol. The second-order valence-electron chi connectivity index (χ2n) is 3.56. The highest BCUT2D eigenvalue weighted by atomic mass is 32.1. The highest BCUT2D eigenvalue weighted by Crippen LogP contribution is 2.24. The quantitative estimate of drug-likeness (QED) is 0.662. The number of aromatic nitrogens is 3. The van der Waals surface area contributed by atoms with E-state index in [1.807, 2.05) is 36.4 Å². The summed E-state index contributed by atoms with van der Waals surface area (Å²) in [6, 6.07) is 12.7. The van der Waals surface area contributed by atoms with E-state index in [9.17, 15) is 4.79 Å². The highest BCUT2D eigenvalue weighted by Gasteiger charge is 2.10. The third-order valence-electron chi connectivity index (χ3n) is 2.39. The summed E-state index contributed by atoms with van der Waals surface area (Å²) < 4.78 is 1.40. The van der Waals surface area contributed by atoms with Gasteiger partial charge in [0.25, 0.3) is 5.56 Å². The Kier molecular flexibility index (Phi) is 2.39. The third kappa shape index (κ3) is 1.67. The summed E-state index contributed by atoms with van der Waals surface area (Å²) in [4.78, 5) is 15.6. The molecule has 0 fully saturated rings. The van der Waals surface area contributed by atoms with Crippen molar-refractivity contribution in [1.29, 1.82) is 5.26 Å². The molecule has 0 atom stereocenters. The van der Waals surface area contributed by atoms with Gasteiger partial charge < -0.3 is 0 Å². The fourth-order valence-electron chi connectivity index (χ4n) is 1.59. The van der Waals surface area contributed by atoms with Crippen molar-refractivity contribution >= 4 is 16.3 Å². The van der Waals surface area contributed by atoms with Gasteiger partial charge in [0.15, 0.2) is 5.69 Å². The number of nitriles is 1. The maximum atomic E-state index is 11.3. The van der Waals surface area contributed by atoms with Gasteiger partial charge in [-0.05, 0) is 0 Å². The van der Waals surface area contributed by atoms with Crippen LogP contribution in [0.2, 0.25) is 0 Å². The minimum atomic E-state index is -0.421. The first-order valence-electron chi connectivity index (χ1n) is 5.14. The van der Waals surface area contributed by atoms with Crippen molar-refractivity contribution in [2.75, 3.05) is 0 Å². The van der Waals surface area contributed by atoms with Crippen molar-refractivity contribution in [3.63, 3.8) is 0 Å². The maximum absolute atomic E-state index is 11.3. The SMILES string of the molecule is N#Cc1cc(=O)nc2sc(-c3ccccc3)nn12. The molecule has 0 saturated carbocycles. The first-order chi connectivity index (χ1) is 8.78. The van der Waals surface area contributed by atoms with Gasteiger partial charge in [-0.2, -0.15) is 19.9 Å². The molecule has 1 aromatic carbocycles. The van der Waals surface area contributed by atoms with Crippen LogP contribution in [0.25, 0.3) is 15.5 Å². The molecule has 2 aromatic heterocycles. The zero-order chi connectivity index (χ0) is 12.5. The van der Waals surface area contributed by atoms with E-state index in [0.717, 1.165) is 10.6 Å². The summed E-state index contributed by atoms with van der Waals surface area (Å²) in [5.74, 6) is 0. The molecular formula is C12H6N4OS. The molecule has 3 aromatic rings. The fraction of sp³-hybridized carbons (Fsp3) is 0. The Morgan fingerprint density at radius 3 is 2.78 bits per heavy atom. The van der Waals surface area contributed by atoms with Crippen LogP contribution < -0.4 is 5.56 Å². The van der Waals surface area contributed by atoms with E-state index in [0.29, 0.717) is 4.96 Å². The molecule has 0 amide bonds. The molecule has 0 N–H and O–H groups in total. The van der Waals surface area contributed by atoms with Gasteiger partial charge in [-0.1, -0.05) is 41.7 Å². The van der Waals surface area contributed by atoms with Crippen molar-refractivity contribution < 1.29 is 0 Å². The van der Waals surface area contributed by atoms with Crippen LogP contribution in [0, 0.1) is 11.3 Å². The van der Waals surface area contributed by atoms with Crippen LogP contribution in [-0.2, 0) is 0 Å². The van der Waals surface area contributed by atoms with E-state index in [-0.39, 0.29) is 5.69 Å². The molecule has 86 valence electrons. The molecule has 3 rings (SSSR count). The molecule has 0 aliphatic heterocycles. The van der Waals surface area contributed by atoms with Crippen molar-refractivity contribution in [3.8, 4) is 16.6 Å². The van der Waals surface area contributed by atoms with E-state index < -0.39 is 5.56 Å². The van der Waals surface area contributed by atoms with Crippen molar-refractivity contribution in [1.82, 2.24) is 14.6 Å². The Morgan fingerprint density at radius 2 is 2.06 bits per heavy atom. The van der Waals surface area contributed by atoms with Crippen LogP contribution in [0.1, 0.15) is 5.69 Å². The number of rotatable bonds is 1. The standard InChI is InChI=1S/C12H6N4OS/c13-7-9-6-10(17)14-12-16(9)15-11(18-12)8-4-2-1-3-5-8/h1-6H. The lowest BCUT2D eigenvalue weighted by Crippen LogP contribution is -2.09. The average Bonchev–Trinajstić information content (AvgIpc) is 2.82. The average molecular weight is 254 g/mol. The minimum absolute atomic E-state index is 0.198. The van der Waals surface area contributed by atoms with Gasteiger partial charge in [-0.3, -0.25) is 4.79 Å². The van der Waals surface area contributed by atoms with E-state index in [2.05, 4.69) is 10.1 Å². The van der Waals surface area contributed by atoms with Gasteiger partial charge in [-0.25, -0.2) is 0 Å². The second-order valence-corrected chi connectivity index (χ2v) is 4.52. The zero-order valence-electron chi connectivity index (χ0n) is 9.07. The normalized spacial score (nSPS) is 10.4. The van der Waals surface area contributed by atoms with Crippen LogP contribution in [0.4, 0.5) is 0 Å². The van der Waals surface area contributed by atoms with Crippen LogP contribution in [0.3, 0.4) is 0 Å². The van der Waals surface area contributed by atoms with Gasteiger partial charge in [0.2, 0.25) is 4.96 Å². The van der Waals surface area contributed by atoms with E-state index in [1.165, 1.54) is 21.9 Å². The maximum Gasteiger partial charge on any atom is 0.275 e. The van der Waals surface area contributed by atoms with Gasteiger partial charge >= 0.3 is 0 Å². The lowest BCUT2D eigenvalue weighted by atomic mass is 10.2. The molecule has 0 radical (unpaired) electrons. The van der Waals surface area contributed by atoms with Crippen LogP contribution in [0.15, 0.2) is 41.2 Å². The molecule has 0 aliphatic rings. The Morgan fingerprint density at radius 1 is 1.28 bits per heavy atom. The Balaban J connectivity index is 2.30. The molecule has 0 unspecified atom stereocenters. The molecule has 5 nitrogen and oxygen atoms in total. The number of nitrogens with zero attached hydrogens (tertiary/aromatic N) is 4. The second kappa shape index (κ2) is 4.05. The zero-order valence-corrected chi connectivity index (χ0v) is 9.89. The van der Waals surface area contributed by atoms with Crippen molar-refractivity contribution in [3.05, 3.63) is 52.4 Å². The van der Waals surface area contributed by atoms with Gasteiger partial charge in [0, 0.05) is 11.6 Å². The van der Waals surface area contributed by atoms with Crippen molar-refractivity contribution in [2.45, 2.75) is 0 Å². The van der Waals surface area contributed by atoms with E-state index in [1.54, 1.807) is 0 Å². The largest absolute Gasteiger partial charge is 0.275 e. The summed E-state index contributed by atoms with van der Waals surface area (Å²) in [7, 11) is 0. The van der Waals surface area contributed by atoms with E-state index in [4.69, 9.17) is 5.26 Å². The first-order valence-corrected chi connectivity index (χ1v) is 5.96. The van der Waals surface area contributed by atoms with Gasteiger partial charge in [-0.15, -0.1) is 0 Å². The van der Waals surface area contributed by atoms with Crippen LogP contribution in [-0.4, -0.2) is 14.6 Å². The monoisotopic (exact) mass is 254 g/mol. The van der Waals surface area contributed by atoms with Gasteiger partial charge in [0.1, 0.15) is 11.1 Å². The summed E-state index contributed by atoms with van der Waals surface area (Å²) >= 11 is 1.28. The summed E-state index contributed by atoms with van der Waals surface area (Å²) in [5.41, 5.74) is 0.711. The molecule has 0 saturated heterocycles. The number of hydrogen-bond acceptors (Lipinski definition) is 5. The predicted molar refractivity (Wildman–Crippen MR) is 67.3 cm³/mol.